The van der Waals surface area contributed by atoms with E-state index in [1.807, 2.05) is 0 Å². The van der Waals surface area contributed by atoms with Crippen LogP contribution in [0.5, 0.6) is 0 Å². The van der Waals surface area contributed by atoms with Crippen LogP contribution >= 0.6 is 0 Å². The molecule has 0 aromatic heterocycles. The maximum absolute atomic E-state index is 11.6. The number of rotatable bonds is 7. The van der Waals surface area contributed by atoms with Crippen molar-refractivity contribution in [1.82, 2.24) is 0 Å². The summed E-state index contributed by atoms with van der Waals surface area (Å²) in [6, 6.07) is 0. The van der Waals surface area contributed by atoms with E-state index >= 15 is 0 Å². The second-order valence-corrected chi connectivity index (χ2v) is 6.09. The number of hydrogen-bond acceptors (Lipinski definition) is 4. The minimum absolute atomic E-state index is 0.0486. The highest BCUT2D eigenvalue weighted by Gasteiger charge is 2.44. The Hall–Kier alpha value is -0.610. The van der Waals surface area contributed by atoms with Crippen molar-refractivity contribution in [3.63, 3.8) is 0 Å². The Morgan fingerprint density at radius 2 is 2.11 bits per heavy atom. The first-order valence-corrected chi connectivity index (χ1v) is 7.72. The first kappa shape index (κ1) is 13.4. The molecule has 5 atom stereocenters. The smallest absolute Gasteiger partial charge is 0.305 e. The van der Waals surface area contributed by atoms with Crippen LogP contribution < -0.4 is 0 Å². The Bertz CT molecular complexity index is 330. The molecule has 2 aliphatic heterocycles. The van der Waals surface area contributed by atoms with Gasteiger partial charge in [-0.1, -0.05) is 6.92 Å². The monoisotopic (exact) mass is 268 g/mol. The van der Waals surface area contributed by atoms with Gasteiger partial charge in [0.1, 0.15) is 0 Å². The molecule has 0 spiro atoms. The van der Waals surface area contributed by atoms with Crippen molar-refractivity contribution in [2.75, 3.05) is 6.61 Å². The van der Waals surface area contributed by atoms with Crippen molar-refractivity contribution in [3.8, 4) is 0 Å². The highest BCUT2D eigenvalue weighted by molar-refractivity contribution is 5.69. The van der Waals surface area contributed by atoms with Crippen LogP contribution in [0.3, 0.4) is 0 Å². The summed E-state index contributed by atoms with van der Waals surface area (Å²) in [5, 5.41) is 0. The molecule has 3 fully saturated rings. The van der Waals surface area contributed by atoms with Crippen molar-refractivity contribution in [1.29, 1.82) is 0 Å². The van der Waals surface area contributed by atoms with Gasteiger partial charge in [0, 0.05) is 6.42 Å². The molecule has 1 saturated carbocycles. The van der Waals surface area contributed by atoms with E-state index in [4.69, 9.17) is 14.2 Å². The molecule has 0 aromatic carbocycles. The maximum atomic E-state index is 11.6. The quantitative estimate of drug-likeness (QED) is 0.525. The fourth-order valence-electron chi connectivity index (χ4n) is 3.16. The van der Waals surface area contributed by atoms with Crippen molar-refractivity contribution >= 4 is 5.97 Å². The molecule has 108 valence electrons. The molecule has 5 unspecified atom stereocenters. The van der Waals surface area contributed by atoms with Gasteiger partial charge in [-0.05, 0) is 44.4 Å². The van der Waals surface area contributed by atoms with Crippen LogP contribution in [-0.2, 0) is 19.0 Å². The van der Waals surface area contributed by atoms with E-state index in [1.54, 1.807) is 0 Å². The molecule has 1 aliphatic carbocycles. The zero-order valence-corrected chi connectivity index (χ0v) is 11.7. The molecule has 19 heavy (non-hydrogen) atoms. The number of epoxide rings is 2. The Labute approximate surface area is 114 Å². The van der Waals surface area contributed by atoms with Gasteiger partial charge in [-0.3, -0.25) is 4.79 Å². The second-order valence-electron chi connectivity index (χ2n) is 6.09. The van der Waals surface area contributed by atoms with Gasteiger partial charge in [-0.15, -0.1) is 0 Å². The van der Waals surface area contributed by atoms with Crippen LogP contribution in [0.15, 0.2) is 0 Å². The number of esters is 1. The molecule has 2 saturated heterocycles. The summed E-state index contributed by atoms with van der Waals surface area (Å²) in [7, 11) is 0. The van der Waals surface area contributed by atoms with Gasteiger partial charge in [0.25, 0.3) is 0 Å². The lowest BCUT2D eigenvalue weighted by Gasteiger charge is -2.18. The van der Waals surface area contributed by atoms with E-state index in [1.165, 1.54) is 0 Å². The van der Waals surface area contributed by atoms with Gasteiger partial charge >= 0.3 is 5.97 Å². The fraction of sp³-hybridized carbons (Fsp3) is 0.933. The SMILES string of the molecule is CCC1OC1CCCC(=O)OCC1CCC2OC2C1. The lowest BCUT2D eigenvalue weighted by Crippen LogP contribution is -2.20. The number of carbonyl (C=O) groups excluding carboxylic acids is 1. The number of ether oxygens (including phenoxy) is 3. The molecule has 0 N–H and O–H groups in total. The highest BCUT2D eigenvalue weighted by atomic mass is 16.6. The van der Waals surface area contributed by atoms with E-state index in [0.29, 0.717) is 43.4 Å². The van der Waals surface area contributed by atoms with Crippen molar-refractivity contribution in [3.05, 3.63) is 0 Å². The van der Waals surface area contributed by atoms with Gasteiger partial charge in [-0.25, -0.2) is 0 Å². The minimum atomic E-state index is -0.0486. The molecule has 4 nitrogen and oxygen atoms in total. The van der Waals surface area contributed by atoms with Crippen LogP contribution in [-0.4, -0.2) is 37.0 Å². The van der Waals surface area contributed by atoms with Crippen molar-refractivity contribution in [2.45, 2.75) is 76.3 Å². The van der Waals surface area contributed by atoms with Crippen LogP contribution in [0, 0.1) is 5.92 Å². The summed E-state index contributed by atoms with van der Waals surface area (Å²) in [4.78, 5) is 11.6. The van der Waals surface area contributed by atoms with Crippen LogP contribution in [0.2, 0.25) is 0 Å². The molecule has 0 bridgehead atoms. The summed E-state index contributed by atoms with van der Waals surface area (Å²) in [6.45, 7) is 2.72. The lowest BCUT2D eigenvalue weighted by atomic mass is 9.90. The molecule has 0 radical (unpaired) electrons. The number of hydrogen-bond donors (Lipinski definition) is 0. The average molecular weight is 268 g/mol. The zero-order chi connectivity index (χ0) is 13.2. The van der Waals surface area contributed by atoms with Crippen LogP contribution in [0.25, 0.3) is 0 Å². The lowest BCUT2D eigenvalue weighted by molar-refractivity contribution is -0.145. The first-order valence-electron chi connectivity index (χ1n) is 7.72. The second kappa shape index (κ2) is 5.80. The third-order valence-corrected chi connectivity index (χ3v) is 4.55. The largest absolute Gasteiger partial charge is 0.465 e. The predicted molar refractivity (Wildman–Crippen MR) is 69.8 cm³/mol. The van der Waals surface area contributed by atoms with E-state index in [0.717, 1.165) is 38.5 Å². The Morgan fingerprint density at radius 3 is 2.84 bits per heavy atom. The van der Waals surface area contributed by atoms with Gasteiger partial charge in [-0.2, -0.15) is 0 Å². The van der Waals surface area contributed by atoms with Gasteiger partial charge in [0.2, 0.25) is 0 Å². The molecule has 2 heterocycles. The standard InChI is InChI=1S/C15H24O4/c1-2-11-12(18-11)4-3-5-15(16)17-9-10-6-7-13-14(8-10)19-13/h10-14H,2-9H2,1H3. The highest BCUT2D eigenvalue weighted by Crippen LogP contribution is 2.39. The zero-order valence-electron chi connectivity index (χ0n) is 11.7. The van der Waals surface area contributed by atoms with Gasteiger partial charge in [0.15, 0.2) is 0 Å². The van der Waals surface area contributed by atoms with E-state index in [9.17, 15) is 4.79 Å². The van der Waals surface area contributed by atoms with E-state index in [-0.39, 0.29) is 5.97 Å². The van der Waals surface area contributed by atoms with Gasteiger partial charge < -0.3 is 14.2 Å². The van der Waals surface area contributed by atoms with Crippen molar-refractivity contribution < 1.29 is 19.0 Å². The third kappa shape index (κ3) is 3.69. The van der Waals surface area contributed by atoms with Gasteiger partial charge in [0.05, 0.1) is 31.0 Å². The van der Waals surface area contributed by atoms with E-state index in [2.05, 4.69) is 6.92 Å². The Kier molecular flexibility index (Phi) is 4.08. The van der Waals surface area contributed by atoms with Crippen LogP contribution in [0.1, 0.15) is 51.9 Å². The van der Waals surface area contributed by atoms with Crippen LogP contribution in [0.4, 0.5) is 0 Å². The Morgan fingerprint density at radius 1 is 1.21 bits per heavy atom. The normalized spacial score (nSPS) is 39.5. The van der Waals surface area contributed by atoms with E-state index < -0.39 is 0 Å². The maximum Gasteiger partial charge on any atom is 0.305 e. The topological polar surface area (TPSA) is 51.4 Å². The molecule has 0 aromatic rings. The third-order valence-electron chi connectivity index (χ3n) is 4.55. The first-order chi connectivity index (χ1) is 9.26. The fourth-order valence-corrected chi connectivity index (χ4v) is 3.16. The Balaban J connectivity index is 1.23. The summed E-state index contributed by atoms with van der Waals surface area (Å²) in [5.74, 6) is 0.469. The molecule has 3 aliphatic rings. The molecular weight excluding hydrogens is 244 g/mol. The number of carbonyl (C=O) groups is 1. The summed E-state index contributed by atoms with van der Waals surface area (Å²) in [6.07, 6.45) is 8.70. The van der Waals surface area contributed by atoms with Crippen molar-refractivity contribution in [2.24, 2.45) is 5.92 Å². The molecular formula is C15H24O4. The predicted octanol–water partition coefficient (Wildman–Crippen LogP) is 2.44. The molecule has 3 rings (SSSR count). The summed E-state index contributed by atoms with van der Waals surface area (Å²) >= 11 is 0. The number of fused-ring (bicyclic) bond motifs is 1. The molecule has 4 heteroatoms. The summed E-state index contributed by atoms with van der Waals surface area (Å²) in [5.41, 5.74) is 0. The summed E-state index contributed by atoms with van der Waals surface area (Å²) < 4.78 is 16.3. The minimum Gasteiger partial charge on any atom is -0.465 e. The average Bonchev–Trinajstić information content (AvgIpc) is 3.30. The molecule has 0 amide bonds.